The first kappa shape index (κ1) is 13.5. The molecule has 1 aliphatic rings. The van der Waals surface area contributed by atoms with Crippen LogP contribution in [0.5, 0.6) is 0 Å². The largest absolute Gasteiger partial charge is 0.387 e. The summed E-state index contributed by atoms with van der Waals surface area (Å²) < 4.78 is 0. The summed E-state index contributed by atoms with van der Waals surface area (Å²) in [6, 6.07) is 0. The zero-order valence-electron chi connectivity index (χ0n) is 10.8. The predicted molar refractivity (Wildman–Crippen MR) is 72.5 cm³/mol. The summed E-state index contributed by atoms with van der Waals surface area (Å²) in [5, 5.41) is 14.6. The number of aliphatic hydroxyl groups is 1. The second-order valence-corrected chi connectivity index (χ2v) is 6.06. The van der Waals surface area contributed by atoms with Crippen LogP contribution in [0.4, 0.5) is 5.13 Å². The lowest BCUT2D eigenvalue weighted by Gasteiger charge is -2.24. The Morgan fingerprint density at radius 2 is 2.17 bits per heavy atom. The van der Waals surface area contributed by atoms with Crippen LogP contribution < -0.4 is 5.32 Å². The monoisotopic (exact) mass is 268 g/mol. The van der Waals surface area contributed by atoms with E-state index >= 15 is 0 Å². The van der Waals surface area contributed by atoms with E-state index in [0.717, 1.165) is 31.6 Å². The van der Waals surface area contributed by atoms with E-state index in [9.17, 15) is 9.90 Å². The third-order valence-electron chi connectivity index (χ3n) is 3.57. The molecule has 1 amide bonds. The fourth-order valence-electron chi connectivity index (χ4n) is 2.27. The highest BCUT2D eigenvalue weighted by Gasteiger charge is 2.24. The van der Waals surface area contributed by atoms with Crippen LogP contribution in [0.2, 0.25) is 0 Å². The molecular weight excluding hydrogens is 248 g/mol. The quantitative estimate of drug-likeness (QED) is 0.886. The maximum absolute atomic E-state index is 12.0. The van der Waals surface area contributed by atoms with Gasteiger partial charge in [0.05, 0.1) is 11.8 Å². The van der Waals surface area contributed by atoms with Gasteiger partial charge in [-0.05, 0) is 38.5 Å². The molecule has 2 rings (SSSR count). The Morgan fingerprint density at radius 1 is 1.50 bits per heavy atom. The molecular formula is C13H20N2O2S. The Kier molecular flexibility index (Phi) is 4.35. The minimum atomic E-state index is -0.581. The Hall–Kier alpha value is -0.940. The van der Waals surface area contributed by atoms with Gasteiger partial charge in [0.1, 0.15) is 0 Å². The van der Waals surface area contributed by atoms with Crippen molar-refractivity contribution in [2.75, 3.05) is 5.32 Å². The molecule has 1 aromatic rings. The Balaban J connectivity index is 1.90. The summed E-state index contributed by atoms with van der Waals surface area (Å²) in [7, 11) is 0. The van der Waals surface area contributed by atoms with Gasteiger partial charge in [0.15, 0.2) is 5.13 Å². The van der Waals surface area contributed by atoms with Crippen LogP contribution >= 0.6 is 11.3 Å². The molecule has 0 radical (unpaired) electrons. The number of aliphatic hydroxyl groups excluding tert-OH is 1. The number of hydrogen-bond donors (Lipinski definition) is 2. The average molecular weight is 268 g/mol. The van der Waals surface area contributed by atoms with Crippen molar-refractivity contribution in [3.63, 3.8) is 0 Å². The maximum atomic E-state index is 12.0. The summed E-state index contributed by atoms with van der Waals surface area (Å²) in [6.45, 7) is 3.91. The van der Waals surface area contributed by atoms with Gasteiger partial charge in [-0.2, -0.15) is 0 Å². The van der Waals surface area contributed by atoms with E-state index in [2.05, 4.69) is 17.2 Å². The fourth-order valence-corrected chi connectivity index (χ4v) is 3.06. The van der Waals surface area contributed by atoms with Crippen molar-refractivity contribution < 1.29 is 9.90 Å². The summed E-state index contributed by atoms with van der Waals surface area (Å²) in [5.74, 6) is 0.948. The van der Waals surface area contributed by atoms with Gasteiger partial charge in [-0.25, -0.2) is 4.98 Å². The molecule has 1 saturated carbocycles. The predicted octanol–water partition coefficient (Wildman–Crippen LogP) is 2.96. The van der Waals surface area contributed by atoms with E-state index in [1.54, 1.807) is 12.3 Å². The van der Waals surface area contributed by atoms with Crippen molar-refractivity contribution in [2.45, 2.75) is 45.6 Å². The lowest BCUT2D eigenvalue weighted by molar-refractivity contribution is -0.121. The number of nitrogens with one attached hydrogen (secondary N) is 1. The van der Waals surface area contributed by atoms with Crippen LogP contribution in [0.25, 0.3) is 0 Å². The molecule has 0 aliphatic heterocycles. The smallest absolute Gasteiger partial charge is 0.229 e. The first-order valence-electron chi connectivity index (χ1n) is 6.50. The highest BCUT2D eigenvalue weighted by Crippen LogP contribution is 2.29. The second kappa shape index (κ2) is 5.80. The van der Waals surface area contributed by atoms with Crippen molar-refractivity contribution in [1.29, 1.82) is 0 Å². The molecule has 0 bridgehead atoms. The van der Waals surface area contributed by atoms with Crippen LogP contribution in [0.3, 0.4) is 0 Å². The molecule has 0 spiro atoms. The number of carbonyl (C=O) groups excluding carboxylic acids is 1. The fraction of sp³-hybridized carbons (Fsp3) is 0.692. The molecule has 0 saturated heterocycles. The van der Waals surface area contributed by atoms with E-state index < -0.39 is 6.10 Å². The Bertz CT molecular complexity index is 409. The minimum absolute atomic E-state index is 0.0772. The van der Waals surface area contributed by atoms with Gasteiger partial charge in [-0.15, -0.1) is 11.3 Å². The van der Waals surface area contributed by atoms with Crippen molar-refractivity contribution in [2.24, 2.45) is 11.8 Å². The maximum Gasteiger partial charge on any atom is 0.229 e. The molecule has 2 N–H and O–H groups in total. The van der Waals surface area contributed by atoms with Crippen LogP contribution in [0, 0.1) is 11.8 Å². The lowest BCUT2D eigenvalue weighted by Crippen LogP contribution is -2.26. The minimum Gasteiger partial charge on any atom is -0.387 e. The molecule has 5 heteroatoms. The van der Waals surface area contributed by atoms with Crippen molar-refractivity contribution in [3.05, 3.63) is 11.1 Å². The number of aromatic nitrogens is 1. The molecule has 1 fully saturated rings. The van der Waals surface area contributed by atoms with Gasteiger partial charge in [-0.1, -0.05) is 6.92 Å². The van der Waals surface area contributed by atoms with Gasteiger partial charge in [-0.3, -0.25) is 4.79 Å². The molecule has 18 heavy (non-hydrogen) atoms. The Labute approximate surface area is 111 Å². The highest BCUT2D eigenvalue weighted by atomic mass is 32.1. The lowest BCUT2D eigenvalue weighted by atomic mass is 9.82. The van der Waals surface area contributed by atoms with E-state index in [-0.39, 0.29) is 11.8 Å². The summed E-state index contributed by atoms with van der Waals surface area (Å²) in [5.41, 5.74) is 0.618. The highest BCUT2D eigenvalue weighted by molar-refractivity contribution is 7.13. The molecule has 1 unspecified atom stereocenters. The first-order valence-corrected chi connectivity index (χ1v) is 7.38. The molecule has 0 aromatic carbocycles. The molecule has 1 aliphatic carbocycles. The molecule has 1 atom stereocenters. The first-order chi connectivity index (χ1) is 8.56. The SMILES string of the molecule is CC1CCC(C(=O)Nc2nc(C(C)O)cs2)CC1. The number of amides is 1. The van der Waals surface area contributed by atoms with Gasteiger partial charge in [0.2, 0.25) is 5.91 Å². The zero-order valence-corrected chi connectivity index (χ0v) is 11.7. The van der Waals surface area contributed by atoms with Gasteiger partial charge in [0, 0.05) is 11.3 Å². The van der Waals surface area contributed by atoms with Crippen LogP contribution in [-0.4, -0.2) is 16.0 Å². The number of hydrogen-bond acceptors (Lipinski definition) is 4. The van der Waals surface area contributed by atoms with Gasteiger partial charge >= 0.3 is 0 Å². The van der Waals surface area contributed by atoms with Gasteiger partial charge in [0.25, 0.3) is 0 Å². The zero-order chi connectivity index (χ0) is 13.1. The number of rotatable bonds is 3. The topological polar surface area (TPSA) is 62.2 Å². The van der Waals surface area contributed by atoms with Crippen molar-refractivity contribution in [3.8, 4) is 0 Å². The second-order valence-electron chi connectivity index (χ2n) is 5.20. The molecule has 100 valence electrons. The number of anilines is 1. The van der Waals surface area contributed by atoms with Crippen LogP contribution in [0.15, 0.2) is 5.38 Å². The van der Waals surface area contributed by atoms with E-state index in [4.69, 9.17) is 0 Å². The number of nitrogens with zero attached hydrogens (tertiary/aromatic N) is 1. The van der Waals surface area contributed by atoms with Crippen LogP contribution in [-0.2, 0) is 4.79 Å². The molecule has 1 heterocycles. The van der Waals surface area contributed by atoms with Gasteiger partial charge < -0.3 is 10.4 Å². The van der Waals surface area contributed by atoms with Crippen molar-refractivity contribution >= 4 is 22.4 Å². The van der Waals surface area contributed by atoms with E-state index in [1.165, 1.54) is 11.3 Å². The summed E-state index contributed by atoms with van der Waals surface area (Å²) >= 11 is 1.37. The third kappa shape index (κ3) is 3.29. The normalized spacial score (nSPS) is 25.7. The number of carbonyl (C=O) groups is 1. The average Bonchev–Trinajstić information content (AvgIpc) is 2.78. The van der Waals surface area contributed by atoms with Crippen molar-refractivity contribution in [1.82, 2.24) is 4.98 Å². The molecule has 1 aromatic heterocycles. The third-order valence-corrected chi connectivity index (χ3v) is 4.34. The Morgan fingerprint density at radius 3 is 2.72 bits per heavy atom. The van der Waals surface area contributed by atoms with Crippen LogP contribution in [0.1, 0.15) is 51.3 Å². The number of thiazole rings is 1. The molecule has 4 nitrogen and oxygen atoms in total. The van der Waals surface area contributed by atoms with E-state index in [1.807, 2.05) is 0 Å². The summed E-state index contributed by atoms with van der Waals surface area (Å²) in [4.78, 5) is 16.2. The van der Waals surface area contributed by atoms with E-state index in [0.29, 0.717) is 10.8 Å². The standard InChI is InChI=1S/C13H20N2O2S/c1-8-3-5-10(6-4-8)12(17)15-13-14-11(7-18-13)9(2)16/h7-10,16H,3-6H2,1-2H3,(H,14,15,17). The summed E-state index contributed by atoms with van der Waals surface area (Å²) in [6.07, 6.45) is 3.63.